The van der Waals surface area contributed by atoms with E-state index >= 15 is 0 Å². The highest BCUT2D eigenvalue weighted by Crippen LogP contribution is 2.33. The number of hydrogen-bond acceptors (Lipinski definition) is 5. The lowest BCUT2D eigenvalue weighted by molar-refractivity contribution is -0.0424. The molecule has 5 nitrogen and oxygen atoms in total. The van der Waals surface area contributed by atoms with Crippen LogP contribution in [-0.2, 0) is 0 Å². The highest BCUT2D eigenvalue weighted by Gasteiger charge is 2.14. The molecule has 0 amide bonds. The van der Waals surface area contributed by atoms with Crippen molar-refractivity contribution in [2.24, 2.45) is 0 Å². The number of aliphatic hydroxyl groups excluding tert-OH is 1. The standard InChI is InChI=1S/C42H29N3O2/c46-42(47)34-25-23-33(24-26-34)41-44-39(31-19-15-29(16-20-31)37-13-5-9-27-7-1-3-11-35(27)37)43-40(45-41)32-21-17-30(18-22-32)38-14-6-10-28-8-2-4-12-36(28)38/h1-26,42,46-47H. The van der Waals surface area contributed by atoms with Gasteiger partial charge in [0.25, 0.3) is 0 Å². The van der Waals surface area contributed by atoms with Crippen molar-refractivity contribution in [3.05, 3.63) is 163 Å². The average Bonchev–Trinajstić information content (AvgIpc) is 3.14. The Morgan fingerprint density at radius 1 is 0.340 bits per heavy atom. The average molecular weight is 608 g/mol. The van der Waals surface area contributed by atoms with E-state index in [1.807, 2.05) is 0 Å². The van der Waals surface area contributed by atoms with E-state index in [2.05, 4.69) is 133 Å². The third-order valence-electron chi connectivity index (χ3n) is 8.59. The molecule has 1 heterocycles. The molecule has 0 aliphatic carbocycles. The van der Waals surface area contributed by atoms with Crippen LogP contribution in [0.1, 0.15) is 11.9 Å². The maximum atomic E-state index is 9.61. The van der Waals surface area contributed by atoms with Crippen molar-refractivity contribution in [3.8, 4) is 56.4 Å². The normalized spacial score (nSPS) is 11.4. The second-order valence-electron chi connectivity index (χ2n) is 11.5. The van der Waals surface area contributed by atoms with Crippen molar-refractivity contribution in [2.45, 2.75) is 6.29 Å². The maximum Gasteiger partial charge on any atom is 0.178 e. The lowest BCUT2D eigenvalue weighted by Gasteiger charge is -2.11. The zero-order chi connectivity index (χ0) is 31.7. The summed E-state index contributed by atoms with van der Waals surface area (Å²) in [5, 5.41) is 24.0. The third kappa shape index (κ3) is 5.55. The van der Waals surface area contributed by atoms with Crippen LogP contribution in [0.5, 0.6) is 0 Å². The summed E-state index contributed by atoms with van der Waals surface area (Å²) in [7, 11) is 0. The van der Waals surface area contributed by atoms with Gasteiger partial charge in [0, 0.05) is 22.3 Å². The van der Waals surface area contributed by atoms with Crippen molar-refractivity contribution < 1.29 is 10.2 Å². The first-order valence-corrected chi connectivity index (χ1v) is 15.5. The number of aromatic nitrogens is 3. The molecule has 0 saturated heterocycles. The van der Waals surface area contributed by atoms with Gasteiger partial charge in [0.2, 0.25) is 0 Å². The molecule has 2 N–H and O–H groups in total. The van der Waals surface area contributed by atoms with Crippen molar-refractivity contribution in [2.75, 3.05) is 0 Å². The van der Waals surface area contributed by atoms with E-state index in [1.54, 1.807) is 24.3 Å². The zero-order valence-electron chi connectivity index (χ0n) is 25.3. The predicted octanol–water partition coefficient (Wildman–Crippen LogP) is 9.50. The van der Waals surface area contributed by atoms with Crippen LogP contribution in [0.25, 0.3) is 78.0 Å². The Morgan fingerprint density at radius 3 is 1.09 bits per heavy atom. The fraction of sp³-hybridized carbons (Fsp3) is 0.0238. The Hall–Kier alpha value is -6.01. The Balaban J connectivity index is 1.20. The molecule has 224 valence electrons. The van der Waals surface area contributed by atoms with Gasteiger partial charge in [0.05, 0.1) is 0 Å². The number of hydrogen-bond donors (Lipinski definition) is 2. The zero-order valence-corrected chi connectivity index (χ0v) is 25.3. The highest BCUT2D eigenvalue weighted by atomic mass is 16.5. The van der Waals surface area contributed by atoms with Crippen molar-refractivity contribution >= 4 is 21.5 Å². The van der Waals surface area contributed by atoms with Crippen LogP contribution >= 0.6 is 0 Å². The number of benzene rings is 7. The topological polar surface area (TPSA) is 79.1 Å². The van der Waals surface area contributed by atoms with Crippen molar-refractivity contribution in [1.82, 2.24) is 15.0 Å². The summed E-state index contributed by atoms with van der Waals surface area (Å²) in [5.41, 5.74) is 7.45. The molecule has 0 spiro atoms. The first-order chi connectivity index (χ1) is 23.1. The van der Waals surface area contributed by atoms with E-state index < -0.39 is 6.29 Å². The van der Waals surface area contributed by atoms with E-state index in [9.17, 15) is 10.2 Å². The van der Waals surface area contributed by atoms with E-state index in [-0.39, 0.29) is 0 Å². The Kier molecular flexibility index (Phi) is 7.31. The Labute approximate surface area is 272 Å². The molecule has 7 aromatic carbocycles. The van der Waals surface area contributed by atoms with Crippen LogP contribution in [0, 0.1) is 0 Å². The monoisotopic (exact) mass is 607 g/mol. The second kappa shape index (κ2) is 12.1. The molecule has 8 aromatic rings. The molecule has 0 fully saturated rings. The molecule has 5 heteroatoms. The molecule has 0 aliphatic heterocycles. The molecule has 0 aliphatic rings. The van der Waals surface area contributed by atoms with Gasteiger partial charge in [0.1, 0.15) is 0 Å². The van der Waals surface area contributed by atoms with Crippen LogP contribution < -0.4 is 0 Å². The van der Waals surface area contributed by atoms with E-state index in [0.29, 0.717) is 23.0 Å². The van der Waals surface area contributed by atoms with Gasteiger partial charge in [-0.15, -0.1) is 0 Å². The maximum absolute atomic E-state index is 9.61. The summed E-state index contributed by atoms with van der Waals surface area (Å²) < 4.78 is 0. The predicted molar refractivity (Wildman–Crippen MR) is 189 cm³/mol. The second-order valence-corrected chi connectivity index (χ2v) is 11.5. The first kappa shape index (κ1) is 28.5. The molecule has 8 rings (SSSR count). The van der Waals surface area contributed by atoms with Crippen LogP contribution in [-0.4, -0.2) is 25.2 Å². The minimum Gasteiger partial charge on any atom is -0.364 e. The molecule has 0 bridgehead atoms. The van der Waals surface area contributed by atoms with Gasteiger partial charge in [-0.2, -0.15) is 0 Å². The highest BCUT2D eigenvalue weighted by molar-refractivity contribution is 5.97. The van der Waals surface area contributed by atoms with E-state index in [1.165, 1.54) is 32.7 Å². The van der Waals surface area contributed by atoms with Crippen molar-refractivity contribution in [1.29, 1.82) is 0 Å². The van der Waals surface area contributed by atoms with Crippen LogP contribution in [0.15, 0.2) is 158 Å². The summed E-state index contributed by atoms with van der Waals surface area (Å²) in [4.78, 5) is 14.7. The van der Waals surface area contributed by atoms with Gasteiger partial charge in [-0.05, 0) is 43.8 Å². The number of nitrogens with zero attached hydrogens (tertiary/aromatic N) is 3. The molecule has 0 radical (unpaired) electrons. The van der Waals surface area contributed by atoms with Gasteiger partial charge in [-0.25, -0.2) is 15.0 Å². The summed E-state index contributed by atoms with van der Waals surface area (Å²) in [6, 6.07) is 53.1. The van der Waals surface area contributed by atoms with Gasteiger partial charge in [-0.3, -0.25) is 0 Å². The molecular weight excluding hydrogens is 578 g/mol. The lowest BCUT2D eigenvalue weighted by Crippen LogP contribution is -2.01. The summed E-state index contributed by atoms with van der Waals surface area (Å²) in [5.74, 6) is 1.61. The fourth-order valence-electron chi connectivity index (χ4n) is 6.12. The minimum absolute atomic E-state index is 0.399. The van der Waals surface area contributed by atoms with Gasteiger partial charge in [0.15, 0.2) is 23.8 Å². The smallest absolute Gasteiger partial charge is 0.178 e. The summed E-state index contributed by atoms with van der Waals surface area (Å²) in [6.07, 6.45) is -1.55. The number of aliphatic hydroxyl groups is 2. The van der Waals surface area contributed by atoms with E-state index in [4.69, 9.17) is 15.0 Å². The quantitative estimate of drug-likeness (QED) is 0.184. The summed E-state index contributed by atoms with van der Waals surface area (Å²) in [6.45, 7) is 0. The molecule has 0 unspecified atom stereocenters. The SMILES string of the molecule is OC(O)c1ccc(-c2nc(-c3ccc(-c4cccc5ccccc45)cc3)nc(-c3ccc(-c4cccc5ccccc45)cc3)n2)cc1. The molecule has 0 saturated carbocycles. The van der Waals surface area contributed by atoms with Gasteiger partial charge >= 0.3 is 0 Å². The lowest BCUT2D eigenvalue weighted by atomic mass is 9.97. The molecule has 47 heavy (non-hydrogen) atoms. The largest absolute Gasteiger partial charge is 0.364 e. The molecule has 1 aromatic heterocycles. The molecular formula is C42H29N3O2. The Morgan fingerprint density at radius 2 is 0.681 bits per heavy atom. The summed E-state index contributed by atoms with van der Waals surface area (Å²) >= 11 is 0. The van der Waals surface area contributed by atoms with Crippen molar-refractivity contribution in [3.63, 3.8) is 0 Å². The van der Waals surface area contributed by atoms with Crippen LogP contribution in [0.2, 0.25) is 0 Å². The van der Waals surface area contributed by atoms with Crippen LogP contribution in [0.4, 0.5) is 0 Å². The van der Waals surface area contributed by atoms with Crippen LogP contribution in [0.3, 0.4) is 0 Å². The molecule has 0 atom stereocenters. The first-order valence-electron chi connectivity index (χ1n) is 15.5. The Bertz CT molecular complexity index is 2210. The van der Waals surface area contributed by atoms with E-state index in [0.717, 1.165) is 27.8 Å². The van der Waals surface area contributed by atoms with Gasteiger partial charge < -0.3 is 10.2 Å². The number of rotatable bonds is 6. The van der Waals surface area contributed by atoms with Gasteiger partial charge in [-0.1, -0.05) is 158 Å². The fourth-order valence-corrected chi connectivity index (χ4v) is 6.12. The number of fused-ring (bicyclic) bond motifs is 2. The minimum atomic E-state index is -1.55. The third-order valence-corrected chi connectivity index (χ3v) is 8.59.